The van der Waals surface area contributed by atoms with Crippen LogP contribution in [0, 0.1) is 0 Å². The number of methoxy groups -OCH3 is 1. The summed E-state index contributed by atoms with van der Waals surface area (Å²) >= 11 is 0. The van der Waals surface area contributed by atoms with Gasteiger partial charge in [0.05, 0.1) is 44.4 Å². The third-order valence-electron chi connectivity index (χ3n) is 4.44. The van der Waals surface area contributed by atoms with E-state index < -0.39 is 6.09 Å². The number of hydrogen-bond donors (Lipinski definition) is 1. The van der Waals surface area contributed by atoms with E-state index in [-0.39, 0.29) is 0 Å². The smallest absolute Gasteiger partial charge is 0.417 e. The Bertz CT molecular complexity index is 780. The lowest BCUT2D eigenvalue weighted by atomic mass is 10.2. The molecule has 1 fully saturated rings. The molecule has 0 aliphatic carbocycles. The topological polar surface area (TPSA) is 78.5 Å². The lowest BCUT2D eigenvalue weighted by Crippen LogP contribution is -2.36. The zero-order valence-electron chi connectivity index (χ0n) is 17.2. The minimum Gasteiger partial charge on any atom is -0.491 e. The Balaban J connectivity index is 1.65. The van der Waals surface area contributed by atoms with Gasteiger partial charge < -0.3 is 28.6 Å². The Kier molecular flexibility index (Phi) is 8.77. The highest BCUT2D eigenvalue weighted by Gasteiger charge is 2.18. The number of para-hydroxylation sites is 1. The second-order valence-corrected chi connectivity index (χ2v) is 6.56. The molecular formula is C22H28N2O6. The number of ether oxygens (including phenoxy) is 5. The second kappa shape index (κ2) is 12.0. The van der Waals surface area contributed by atoms with E-state index in [0.717, 1.165) is 18.8 Å². The van der Waals surface area contributed by atoms with E-state index in [9.17, 15) is 4.79 Å². The van der Waals surface area contributed by atoms with Gasteiger partial charge in [-0.25, -0.2) is 4.79 Å². The van der Waals surface area contributed by atoms with E-state index >= 15 is 0 Å². The van der Waals surface area contributed by atoms with Crippen LogP contribution in [0.4, 0.5) is 16.2 Å². The lowest BCUT2D eigenvalue weighted by Gasteiger charge is -2.30. The standard InChI is InChI=1S/C22H28N2O6/c1-26-13-14-28-15-16-29-19-7-8-21(24-9-11-27-12-10-24)20(17-19)23-22(25)30-18-5-3-2-4-6-18/h2-8,17H,9-16H2,1H3,(H,23,25). The van der Waals surface area contributed by atoms with Crippen LogP contribution in [-0.2, 0) is 14.2 Å². The number of morpholine rings is 1. The Morgan fingerprint density at radius 3 is 2.53 bits per heavy atom. The zero-order valence-corrected chi connectivity index (χ0v) is 17.2. The number of amides is 1. The molecule has 0 bridgehead atoms. The molecular weight excluding hydrogens is 388 g/mol. The summed E-state index contributed by atoms with van der Waals surface area (Å²) in [6, 6.07) is 14.6. The third-order valence-corrected chi connectivity index (χ3v) is 4.44. The Hall–Kier alpha value is -2.81. The molecule has 1 aliphatic rings. The first-order valence-corrected chi connectivity index (χ1v) is 9.96. The summed E-state index contributed by atoms with van der Waals surface area (Å²) in [5.41, 5.74) is 1.52. The number of nitrogens with zero attached hydrogens (tertiary/aromatic N) is 1. The summed E-state index contributed by atoms with van der Waals surface area (Å²) in [7, 11) is 1.63. The van der Waals surface area contributed by atoms with Gasteiger partial charge in [0.1, 0.15) is 18.1 Å². The van der Waals surface area contributed by atoms with Crippen LogP contribution in [0.3, 0.4) is 0 Å². The maximum atomic E-state index is 12.4. The number of anilines is 2. The summed E-state index contributed by atoms with van der Waals surface area (Å²) in [5.74, 6) is 1.11. The maximum Gasteiger partial charge on any atom is 0.417 e. The van der Waals surface area contributed by atoms with Gasteiger partial charge in [0.25, 0.3) is 0 Å². The van der Waals surface area contributed by atoms with Crippen LogP contribution in [-0.4, -0.2) is 65.9 Å². The monoisotopic (exact) mass is 416 g/mol. The van der Waals surface area contributed by atoms with Gasteiger partial charge in [-0.1, -0.05) is 18.2 Å². The Morgan fingerprint density at radius 2 is 1.77 bits per heavy atom. The average molecular weight is 416 g/mol. The van der Waals surface area contributed by atoms with Crippen molar-refractivity contribution in [2.45, 2.75) is 0 Å². The number of carbonyl (C=O) groups is 1. The fraction of sp³-hybridized carbons (Fsp3) is 0.409. The number of nitrogens with one attached hydrogen (secondary N) is 1. The van der Waals surface area contributed by atoms with Gasteiger partial charge in [0.2, 0.25) is 0 Å². The number of rotatable bonds is 10. The molecule has 162 valence electrons. The molecule has 1 amide bonds. The Labute approximate surface area is 176 Å². The largest absolute Gasteiger partial charge is 0.491 e. The van der Waals surface area contributed by atoms with Crippen LogP contribution in [0.2, 0.25) is 0 Å². The molecule has 8 nitrogen and oxygen atoms in total. The van der Waals surface area contributed by atoms with Gasteiger partial charge in [0, 0.05) is 26.3 Å². The molecule has 8 heteroatoms. The fourth-order valence-electron chi connectivity index (χ4n) is 2.98. The lowest BCUT2D eigenvalue weighted by molar-refractivity contribution is 0.0544. The molecule has 0 spiro atoms. The SMILES string of the molecule is COCCOCCOc1ccc(N2CCOCC2)c(NC(=O)Oc2ccccc2)c1. The molecule has 1 aliphatic heterocycles. The molecule has 1 heterocycles. The van der Waals surface area contributed by atoms with Crippen molar-refractivity contribution in [2.75, 3.05) is 70.1 Å². The normalized spacial score (nSPS) is 13.7. The van der Waals surface area contributed by atoms with Gasteiger partial charge in [-0.15, -0.1) is 0 Å². The van der Waals surface area contributed by atoms with Crippen LogP contribution in [0.25, 0.3) is 0 Å². The fourth-order valence-corrected chi connectivity index (χ4v) is 2.98. The quantitative estimate of drug-likeness (QED) is 0.596. The molecule has 2 aromatic carbocycles. The summed E-state index contributed by atoms with van der Waals surface area (Å²) < 4.78 is 26.9. The predicted molar refractivity (Wildman–Crippen MR) is 114 cm³/mol. The van der Waals surface area contributed by atoms with E-state index in [1.54, 1.807) is 25.3 Å². The zero-order chi connectivity index (χ0) is 21.0. The predicted octanol–water partition coefficient (Wildman–Crippen LogP) is 3.18. The van der Waals surface area contributed by atoms with Crippen molar-refractivity contribution in [1.29, 1.82) is 0 Å². The summed E-state index contributed by atoms with van der Waals surface area (Å²) in [4.78, 5) is 14.6. The minimum atomic E-state index is -0.559. The molecule has 3 rings (SSSR count). The van der Waals surface area contributed by atoms with Crippen molar-refractivity contribution < 1.29 is 28.5 Å². The number of carbonyl (C=O) groups excluding carboxylic acids is 1. The molecule has 0 saturated carbocycles. The van der Waals surface area contributed by atoms with Gasteiger partial charge in [-0.2, -0.15) is 0 Å². The molecule has 2 aromatic rings. The molecule has 1 saturated heterocycles. The van der Waals surface area contributed by atoms with Crippen molar-refractivity contribution in [3.8, 4) is 11.5 Å². The van der Waals surface area contributed by atoms with Gasteiger partial charge in [-0.05, 0) is 24.3 Å². The van der Waals surface area contributed by atoms with E-state index in [2.05, 4.69) is 10.2 Å². The average Bonchev–Trinajstić information content (AvgIpc) is 2.77. The van der Waals surface area contributed by atoms with Crippen LogP contribution >= 0.6 is 0 Å². The number of benzene rings is 2. The highest BCUT2D eigenvalue weighted by molar-refractivity contribution is 5.91. The minimum absolute atomic E-state index is 0.397. The van der Waals surface area contributed by atoms with E-state index in [0.29, 0.717) is 56.8 Å². The van der Waals surface area contributed by atoms with Crippen LogP contribution in [0.1, 0.15) is 0 Å². The van der Waals surface area contributed by atoms with Crippen LogP contribution in [0.15, 0.2) is 48.5 Å². The molecule has 0 radical (unpaired) electrons. The number of hydrogen-bond acceptors (Lipinski definition) is 7. The summed E-state index contributed by atoms with van der Waals surface area (Å²) in [6.45, 7) is 4.70. The van der Waals surface area contributed by atoms with Crippen LogP contribution in [0.5, 0.6) is 11.5 Å². The van der Waals surface area contributed by atoms with Gasteiger partial charge >= 0.3 is 6.09 Å². The molecule has 0 unspecified atom stereocenters. The summed E-state index contributed by atoms with van der Waals surface area (Å²) in [6.07, 6.45) is -0.559. The van der Waals surface area contributed by atoms with Crippen molar-refractivity contribution >= 4 is 17.5 Å². The first-order chi connectivity index (χ1) is 14.8. The molecule has 0 atom stereocenters. The molecule has 30 heavy (non-hydrogen) atoms. The maximum absolute atomic E-state index is 12.4. The van der Waals surface area contributed by atoms with Gasteiger partial charge in [-0.3, -0.25) is 5.32 Å². The van der Waals surface area contributed by atoms with E-state index in [4.69, 9.17) is 23.7 Å². The van der Waals surface area contributed by atoms with Crippen LogP contribution < -0.4 is 19.7 Å². The second-order valence-electron chi connectivity index (χ2n) is 6.56. The van der Waals surface area contributed by atoms with Crippen molar-refractivity contribution in [3.05, 3.63) is 48.5 Å². The third kappa shape index (κ3) is 6.91. The van der Waals surface area contributed by atoms with Crippen molar-refractivity contribution in [3.63, 3.8) is 0 Å². The van der Waals surface area contributed by atoms with Crippen molar-refractivity contribution in [1.82, 2.24) is 0 Å². The molecule has 1 N–H and O–H groups in total. The van der Waals surface area contributed by atoms with E-state index in [1.165, 1.54) is 0 Å². The van der Waals surface area contributed by atoms with Gasteiger partial charge in [0.15, 0.2) is 0 Å². The van der Waals surface area contributed by atoms with E-state index in [1.807, 2.05) is 30.3 Å². The summed E-state index contributed by atoms with van der Waals surface area (Å²) in [5, 5.41) is 2.84. The highest BCUT2D eigenvalue weighted by atomic mass is 16.6. The highest BCUT2D eigenvalue weighted by Crippen LogP contribution is 2.31. The molecule has 0 aromatic heterocycles. The van der Waals surface area contributed by atoms with Crippen molar-refractivity contribution in [2.24, 2.45) is 0 Å². The first kappa shape index (κ1) is 21.9. The first-order valence-electron chi connectivity index (χ1n) is 9.96. The Morgan fingerprint density at radius 1 is 1.00 bits per heavy atom.